The first-order valence-electron chi connectivity index (χ1n) is 5.66. The maximum absolute atomic E-state index is 5.79. The number of nitrogens with two attached hydrogens (primary N) is 1. The van der Waals surface area contributed by atoms with E-state index in [0.29, 0.717) is 17.3 Å². The lowest BCUT2D eigenvalue weighted by Crippen LogP contribution is -2.24. The van der Waals surface area contributed by atoms with Gasteiger partial charge in [0.25, 0.3) is 0 Å². The minimum atomic E-state index is -0.187. The number of ether oxygens (including phenoxy) is 1. The van der Waals surface area contributed by atoms with Crippen molar-refractivity contribution in [2.75, 3.05) is 12.8 Å². The molecule has 0 saturated carbocycles. The number of nitrogens with zero attached hydrogens (tertiary/aromatic N) is 4. The third-order valence-electron chi connectivity index (χ3n) is 2.60. The van der Waals surface area contributed by atoms with Gasteiger partial charge in [0, 0.05) is 5.56 Å². The predicted molar refractivity (Wildman–Crippen MR) is 69.2 cm³/mol. The molecule has 2 aromatic rings. The molecule has 1 aromatic carbocycles. The number of anilines is 1. The largest absolute Gasteiger partial charge is 0.495 e. The van der Waals surface area contributed by atoms with Gasteiger partial charge in [-0.3, -0.25) is 0 Å². The Balaban J connectivity index is 2.53. The van der Waals surface area contributed by atoms with E-state index in [4.69, 9.17) is 10.5 Å². The zero-order chi connectivity index (χ0) is 13.3. The molecule has 0 atom stereocenters. The van der Waals surface area contributed by atoms with E-state index in [2.05, 4.69) is 15.5 Å². The number of methoxy groups -OCH3 is 1. The second kappa shape index (κ2) is 4.29. The summed E-state index contributed by atoms with van der Waals surface area (Å²) < 4.78 is 6.98. The number of tetrazole rings is 1. The monoisotopic (exact) mass is 247 g/mol. The summed E-state index contributed by atoms with van der Waals surface area (Å²) in [5, 5.41) is 11.8. The van der Waals surface area contributed by atoms with E-state index in [1.807, 2.05) is 32.9 Å². The minimum Gasteiger partial charge on any atom is -0.495 e. The number of hydrogen-bond acceptors (Lipinski definition) is 5. The average molecular weight is 247 g/mol. The maximum atomic E-state index is 5.79. The van der Waals surface area contributed by atoms with E-state index >= 15 is 0 Å². The van der Waals surface area contributed by atoms with Crippen molar-refractivity contribution in [2.45, 2.75) is 26.3 Å². The van der Waals surface area contributed by atoms with Crippen LogP contribution in [0.25, 0.3) is 11.4 Å². The van der Waals surface area contributed by atoms with Gasteiger partial charge < -0.3 is 10.5 Å². The van der Waals surface area contributed by atoms with Crippen molar-refractivity contribution in [1.29, 1.82) is 0 Å². The molecule has 0 aliphatic heterocycles. The fraction of sp³-hybridized carbons (Fsp3) is 0.417. The van der Waals surface area contributed by atoms with E-state index in [-0.39, 0.29) is 5.54 Å². The minimum absolute atomic E-state index is 0.187. The molecule has 0 fully saturated rings. The van der Waals surface area contributed by atoms with Gasteiger partial charge >= 0.3 is 0 Å². The van der Waals surface area contributed by atoms with Gasteiger partial charge in [-0.05, 0) is 49.4 Å². The van der Waals surface area contributed by atoms with Crippen LogP contribution in [0.5, 0.6) is 5.75 Å². The molecular formula is C12H17N5O. The molecule has 0 radical (unpaired) electrons. The highest BCUT2D eigenvalue weighted by molar-refractivity contribution is 5.65. The van der Waals surface area contributed by atoms with Crippen molar-refractivity contribution in [1.82, 2.24) is 20.2 Å². The summed E-state index contributed by atoms with van der Waals surface area (Å²) in [6.07, 6.45) is 0. The molecule has 0 saturated heterocycles. The zero-order valence-electron chi connectivity index (χ0n) is 11.0. The van der Waals surface area contributed by atoms with Gasteiger partial charge in [0.05, 0.1) is 18.3 Å². The van der Waals surface area contributed by atoms with Crippen LogP contribution < -0.4 is 10.5 Å². The highest BCUT2D eigenvalue weighted by atomic mass is 16.5. The first-order chi connectivity index (χ1) is 8.43. The second-order valence-corrected chi connectivity index (χ2v) is 5.04. The highest BCUT2D eigenvalue weighted by Gasteiger charge is 2.21. The van der Waals surface area contributed by atoms with Crippen LogP contribution in [0.3, 0.4) is 0 Å². The fourth-order valence-corrected chi connectivity index (χ4v) is 1.67. The molecule has 1 heterocycles. The molecule has 0 aliphatic carbocycles. The van der Waals surface area contributed by atoms with Crippen molar-refractivity contribution in [3.63, 3.8) is 0 Å². The lowest BCUT2D eigenvalue weighted by atomic mass is 10.1. The van der Waals surface area contributed by atoms with E-state index < -0.39 is 0 Å². The molecule has 6 nitrogen and oxygen atoms in total. The van der Waals surface area contributed by atoms with E-state index in [1.54, 1.807) is 17.9 Å². The number of aromatic nitrogens is 4. The molecule has 0 unspecified atom stereocenters. The van der Waals surface area contributed by atoms with E-state index in [0.717, 1.165) is 5.56 Å². The van der Waals surface area contributed by atoms with Gasteiger partial charge in [-0.25, -0.2) is 4.68 Å². The summed E-state index contributed by atoms with van der Waals surface area (Å²) in [6, 6.07) is 5.50. The van der Waals surface area contributed by atoms with Gasteiger partial charge in [-0.15, -0.1) is 5.10 Å². The Morgan fingerprint density at radius 1 is 1.28 bits per heavy atom. The highest BCUT2D eigenvalue weighted by Crippen LogP contribution is 2.29. The smallest absolute Gasteiger partial charge is 0.182 e. The number of hydrogen-bond donors (Lipinski definition) is 1. The maximum Gasteiger partial charge on any atom is 0.182 e. The summed E-state index contributed by atoms with van der Waals surface area (Å²) in [7, 11) is 1.59. The Morgan fingerprint density at radius 2 is 2.00 bits per heavy atom. The Bertz CT molecular complexity index is 556. The van der Waals surface area contributed by atoms with E-state index in [1.165, 1.54) is 0 Å². The van der Waals surface area contributed by atoms with Gasteiger partial charge in [-0.1, -0.05) is 0 Å². The van der Waals surface area contributed by atoms with Crippen LogP contribution in [0.4, 0.5) is 5.69 Å². The second-order valence-electron chi connectivity index (χ2n) is 5.04. The zero-order valence-corrected chi connectivity index (χ0v) is 11.0. The van der Waals surface area contributed by atoms with Crippen LogP contribution in [0.1, 0.15) is 20.8 Å². The third-order valence-corrected chi connectivity index (χ3v) is 2.60. The Labute approximate surface area is 106 Å². The SMILES string of the molecule is COc1cc(-c2nnnn2C(C)(C)C)ccc1N. The lowest BCUT2D eigenvalue weighted by molar-refractivity contribution is 0.351. The summed E-state index contributed by atoms with van der Waals surface area (Å²) in [4.78, 5) is 0. The third kappa shape index (κ3) is 2.13. The molecule has 2 N–H and O–H groups in total. The summed E-state index contributed by atoms with van der Waals surface area (Å²) in [5.41, 5.74) is 7.08. The van der Waals surface area contributed by atoms with Gasteiger partial charge in [0.15, 0.2) is 5.82 Å². The molecular weight excluding hydrogens is 230 g/mol. The van der Waals surface area contributed by atoms with Gasteiger partial charge in [0.1, 0.15) is 5.75 Å². The Kier molecular flexibility index (Phi) is 2.94. The quantitative estimate of drug-likeness (QED) is 0.817. The van der Waals surface area contributed by atoms with Crippen LogP contribution in [0.15, 0.2) is 18.2 Å². The molecule has 0 bridgehead atoms. The summed E-state index contributed by atoms with van der Waals surface area (Å²) in [5.74, 6) is 1.32. The van der Waals surface area contributed by atoms with Crippen molar-refractivity contribution < 1.29 is 4.74 Å². The van der Waals surface area contributed by atoms with Crippen molar-refractivity contribution in [3.05, 3.63) is 18.2 Å². The average Bonchev–Trinajstić information content (AvgIpc) is 2.78. The van der Waals surface area contributed by atoms with Crippen LogP contribution >= 0.6 is 0 Å². The van der Waals surface area contributed by atoms with Gasteiger partial charge in [-0.2, -0.15) is 0 Å². The van der Waals surface area contributed by atoms with Crippen LogP contribution in [0.2, 0.25) is 0 Å². The Morgan fingerprint density at radius 3 is 2.61 bits per heavy atom. The molecule has 2 rings (SSSR count). The van der Waals surface area contributed by atoms with Crippen molar-refractivity contribution in [3.8, 4) is 17.1 Å². The van der Waals surface area contributed by atoms with Crippen molar-refractivity contribution >= 4 is 5.69 Å². The molecule has 18 heavy (non-hydrogen) atoms. The number of nitrogen functional groups attached to an aromatic ring is 1. The van der Waals surface area contributed by atoms with Crippen LogP contribution in [0, 0.1) is 0 Å². The summed E-state index contributed by atoms with van der Waals surface area (Å²) >= 11 is 0. The first kappa shape index (κ1) is 12.3. The number of benzene rings is 1. The van der Waals surface area contributed by atoms with Gasteiger partial charge in [0.2, 0.25) is 0 Å². The molecule has 6 heteroatoms. The molecule has 0 amide bonds. The van der Waals surface area contributed by atoms with E-state index in [9.17, 15) is 0 Å². The normalized spacial score (nSPS) is 11.6. The summed E-state index contributed by atoms with van der Waals surface area (Å²) in [6.45, 7) is 6.13. The topological polar surface area (TPSA) is 78.9 Å². The standard InChI is InChI=1S/C12H17N5O/c1-12(2,3)17-11(14-15-16-17)8-5-6-9(13)10(7-8)18-4/h5-7H,13H2,1-4H3. The van der Waals surface area contributed by atoms with Crippen molar-refractivity contribution in [2.24, 2.45) is 0 Å². The lowest BCUT2D eigenvalue weighted by Gasteiger charge is -2.20. The van der Waals surface area contributed by atoms with Crippen LogP contribution in [-0.2, 0) is 5.54 Å². The molecule has 1 aromatic heterocycles. The number of rotatable bonds is 2. The predicted octanol–water partition coefficient (Wildman–Crippen LogP) is 1.69. The molecule has 0 aliphatic rings. The van der Waals surface area contributed by atoms with Crippen LogP contribution in [-0.4, -0.2) is 27.3 Å². The first-order valence-corrected chi connectivity index (χ1v) is 5.66. The fourth-order valence-electron chi connectivity index (χ4n) is 1.67. The molecule has 0 spiro atoms. The molecule has 96 valence electrons. The Hall–Kier alpha value is -2.11.